The molecule has 290 valence electrons. The van der Waals surface area contributed by atoms with Crippen LogP contribution in [0.1, 0.15) is 47.2 Å². The zero-order valence-electron chi connectivity index (χ0n) is 31.0. The molecule has 5 aromatic rings. The van der Waals surface area contributed by atoms with Crippen LogP contribution in [-0.2, 0) is 26.2 Å². The van der Waals surface area contributed by atoms with Gasteiger partial charge in [0, 0.05) is 46.5 Å². The summed E-state index contributed by atoms with van der Waals surface area (Å²) in [5, 5.41) is 37.8. The van der Waals surface area contributed by atoms with Gasteiger partial charge in [-0.1, -0.05) is 29.3 Å². The molecule has 6 atom stereocenters. The van der Waals surface area contributed by atoms with Crippen LogP contribution in [0.2, 0.25) is 5.02 Å². The number of allylic oxidation sites excluding steroid dienone is 2. The molecule has 1 saturated carbocycles. The lowest BCUT2D eigenvalue weighted by Crippen LogP contribution is -2.49. The van der Waals surface area contributed by atoms with Gasteiger partial charge in [-0.25, -0.2) is 14.6 Å². The number of hydrogen-bond acceptors (Lipinski definition) is 10. The minimum Gasteiger partial charge on any atom is -0.508 e. The lowest BCUT2D eigenvalue weighted by Gasteiger charge is -2.49. The van der Waals surface area contributed by atoms with Crippen LogP contribution in [0.4, 0.5) is 11.5 Å². The van der Waals surface area contributed by atoms with Gasteiger partial charge in [-0.15, -0.1) is 11.3 Å². The Labute approximate surface area is 334 Å². The number of aromatic carboxylic acids is 1. The summed E-state index contributed by atoms with van der Waals surface area (Å²) in [5.41, 5.74) is 0.771. The molecular weight excluding hydrogens is 772 g/mol. The molecule has 13 nitrogen and oxygen atoms in total. The van der Waals surface area contributed by atoms with Crippen LogP contribution in [0.3, 0.4) is 0 Å². The van der Waals surface area contributed by atoms with Crippen LogP contribution in [0.15, 0.2) is 72.3 Å². The highest BCUT2D eigenvalue weighted by Crippen LogP contribution is 2.64. The zero-order valence-corrected chi connectivity index (χ0v) is 32.6. The first kappa shape index (κ1) is 36.6. The lowest BCUT2D eigenvalue weighted by atomic mass is 9.51. The number of phenols is 2. The topological polar surface area (TPSA) is 180 Å². The molecule has 3 fully saturated rings. The number of carbonyl (C=O) groups is 5. The first-order valence-electron chi connectivity index (χ1n) is 18.3. The van der Waals surface area contributed by atoms with E-state index in [4.69, 9.17) is 21.4 Å². The first-order chi connectivity index (χ1) is 27.1. The highest BCUT2D eigenvalue weighted by molar-refractivity contribution is 7.22. The van der Waals surface area contributed by atoms with Gasteiger partial charge in [0.1, 0.15) is 34.3 Å². The number of hydrogen-bond donors (Lipinski definition) is 3. The van der Waals surface area contributed by atoms with Gasteiger partial charge in [0.15, 0.2) is 0 Å². The number of aryl methyl sites for hydroxylation is 2. The first-order valence-corrected chi connectivity index (χ1v) is 19.5. The Balaban J connectivity index is 1.15. The molecule has 2 aliphatic carbocycles. The van der Waals surface area contributed by atoms with Crippen molar-refractivity contribution in [1.29, 1.82) is 0 Å². The predicted molar refractivity (Wildman–Crippen MR) is 211 cm³/mol. The van der Waals surface area contributed by atoms with Crippen molar-refractivity contribution in [3.63, 3.8) is 0 Å². The number of rotatable bonds is 6. The van der Waals surface area contributed by atoms with Gasteiger partial charge in [0.2, 0.25) is 23.6 Å². The fourth-order valence-electron chi connectivity index (χ4n) is 9.78. The smallest absolute Gasteiger partial charge is 0.339 e. The van der Waals surface area contributed by atoms with Gasteiger partial charge in [-0.2, -0.15) is 5.10 Å². The van der Waals surface area contributed by atoms with Crippen molar-refractivity contribution < 1.29 is 44.0 Å². The number of benzene rings is 3. The maximum absolute atomic E-state index is 15.1. The van der Waals surface area contributed by atoms with Crippen molar-refractivity contribution in [2.75, 3.05) is 16.9 Å². The number of anilines is 2. The Hall–Kier alpha value is -5.99. The second-order valence-electron chi connectivity index (χ2n) is 15.3. The van der Waals surface area contributed by atoms with Crippen molar-refractivity contribution in [2.45, 2.75) is 32.6 Å². The van der Waals surface area contributed by atoms with Crippen molar-refractivity contribution in [1.82, 2.24) is 9.78 Å². The number of carboxylic acid groups (broad SMARTS) is 1. The summed E-state index contributed by atoms with van der Waals surface area (Å²) >= 11 is 7.83. The monoisotopic (exact) mass is 806 g/mol. The number of nitrogens with zero attached hydrogens (tertiary/aromatic N) is 4. The number of aromatic nitrogens is 2. The Morgan fingerprint density at radius 3 is 2.42 bits per heavy atom. The molecule has 2 aromatic heterocycles. The number of phenolic OH excluding ortho intramolecular Hbond substituents is 1. The molecule has 4 heterocycles. The van der Waals surface area contributed by atoms with Gasteiger partial charge in [0.05, 0.1) is 40.8 Å². The molecule has 57 heavy (non-hydrogen) atoms. The molecule has 2 saturated heterocycles. The summed E-state index contributed by atoms with van der Waals surface area (Å²) in [6.45, 7) is 3.70. The Bertz CT molecular complexity index is 2680. The van der Waals surface area contributed by atoms with Crippen LogP contribution in [0.25, 0.3) is 20.7 Å². The fraction of sp³-hybridized carbons (Fsp3) is 0.286. The summed E-state index contributed by atoms with van der Waals surface area (Å²) in [4.78, 5) is 73.1. The third kappa shape index (κ3) is 5.12. The molecule has 3 N–H and O–H groups in total. The standard InChI is InChI=1S/C42H35ClN4O9S/c1-18-26-13-19(43)5-12-32(26)57-36(18)29-17-33(45(3)44-29)47-38(51)28-16-27-22(35(42(28,2)41(47)55)23-9-7-21(56-4)15-31(23)49)10-11-25-34(27)39(52)46(37(25)50)20-6-8-24(40(53)54)30(48)14-20/h5-10,12-15,17,25,27-28,34-35,48-49H,11,16H2,1-4H3,(H,53,54). The molecule has 3 aromatic carbocycles. The minimum absolute atomic E-state index is 0.0238. The van der Waals surface area contributed by atoms with Crippen LogP contribution in [0.5, 0.6) is 17.2 Å². The highest BCUT2D eigenvalue weighted by Gasteiger charge is 2.68. The van der Waals surface area contributed by atoms with Gasteiger partial charge < -0.3 is 20.1 Å². The number of halogens is 1. The van der Waals surface area contributed by atoms with Crippen molar-refractivity contribution >= 4 is 74.1 Å². The number of amides is 4. The molecule has 15 heteroatoms. The molecule has 6 unspecified atom stereocenters. The summed E-state index contributed by atoms with van der Waals surface area (Å²) in [5.74, 6) is -7.83. The highest BCUT2D eigenvalue weighted by atomic mass is 35.5. The molecule has 0 bridgehead atoms. The average Bonchev–Trinajstić information content (AvgIpc) is 3.84. The van der Waals surface area contributed by atoms with Crippen molar-refractivity contribution in [2.24, 2.45) is 36.1 Å². The van der Waals surface area contributed by atoms with E-state index >= 15 is 4.79 Å². The lowest BCUT2D eigenvalue weighted by molar-refractivity contribution is -0.131. The van der Waals surface area contributed by atoms with E-state index in [1.54, 1.807) is 32.2 Å². The Kier molecular flexibility index (Phi) is 8.20. The number of carbonyl (C=O) groups excluding carboxylic acids is 4. The summed E-state index contributed by atoms with van der Waals surface area (Å²) in [6, 6.07) is 15.7. The predicted octanol–water partition coefficient (Wildman–Crippen LogP) is 6.82. The average molecular weight is 807 g/mol. The van der Waals surface area contributed by atoms with E-state index in [-0.39, 0.29) is 35.7 Å². The summed E-state index contributed by atoms with van der Waals surface area (Å²) < 4.78 is 7.88. The summed E-state index contributed by atoms with van der Waals surface area (Å²) in [6.07, 6.45) is 2.07. The number of aromatic hydroxyl groups is 2. The minimum atomic E-state index is -1.43. The maximum Gasteiger partial charge on any atom is 0.339 e. The van der Waals surface area contributed by atoms with Gasteiger partial charge >= 0.3 is 5.97 Å². The third-order valence-corrected chi connectivity index (χ3v) is 14.0. The van der Waals surface area contributed by atoms with Crippen LogP contribution in [-0.4, -0.2) is 61.8 Å². The number of fused-ring (bicyclic) bond motifs is 5. The molecular formula is C42H35ClN4O9S. The zero-order chi connectivity index (χ0) is 40.4. The van der Waals surface area contributed by atoms with E-state index in [1.165, 1.54) is 40.2 Å². The number of carboxylic acids is 1. The van der Waals surface area contributed by atoms with E-state index in [0.29, 0.717) is 27.6 Å². The number of methoxy groups -OCH3 is 1. The maximum atomic E-state index is 15.1. The van der Waals surface area contributed by atoms with Gasteiger partial charge in [-0.05, 0) is 80.0 Å². The van der Waals surface area contributed by atoms with Crippen molar-refractivity contribution in [3.05, 3.63) is 94.0 Å². The van der Waals surface area contributed by atoms with Crippen LogP contribution < -0.4 is 14.5 Å². The Morgan fingerprint density at radius 1 is 0.947 bits per heavy atom. The van der Waals surface area contributed by atoms with E-state index in [1.807, 2.05) is 31.2 Å². The second-order valence-corrected chi connectivity index (χ2v) is 16.8. The van der Waals surface area contributed by atoms with Crippen LogP contribution in [0, 0.1) is 36.0 Å². The van der Waals surface area contributed by atoms with Gasteiger partial charge in [-0.3, -0.25) is 23.9 Å². The molecule has 2 aliphatic heterocycles. The number of imide groups is 2. The largest absolute Gasteiger partial charge is 0.508 e. The van der Waals surface area contributed by atoms with E-state index in [9.17, 15) is 34.5 Å². The molecule has 9 rings (SSSR count). The Morgan fingerprint density at radius 2 is 1.72 bits per heavy atom. The SMILES string of the molecule is COc1ccc(C2C3=CCC4C(=O)N(c5ccc(C(=O)O)c(O)c5)C(=O)C4C3CC3C(=O)N(c4cc(-c5sc6ccc(Cl)cc6c5C)nn4C)C(=O)C32C)c(O)c1. The van der Waals surface area contributed by atoms with E-state index < -0.39 is 70.4 Å². The number of ether oxygens (including phenoxy) is 1. The molecule has 4 aliphatic rings. The quantitative estimate of drug-likeness (QED) is 0.122. The molecule has 4 amide bonds. The number of thiophene rings is 1. The van der Waals surface area contributed by atoms with E-state index in [2.05, 4.69) is 0 Å². The van der Waals surface area contributed by atoms with Crippen molar-refractivity contribution in [3.8, 4) is 27.8 Å². The molecule has 0 spiro atoms. The summed E-state index contributed by atoms with van der Waals surface area (Å²) in [7, 11) is 3.13. The van der Waals surface area contributed by atoms with E-state index in [0.717, 1.165) is 37.6 Å². The molecule has 0 radical (unpaired) electrons. The fourth-order valence-corrected chi connectivity index (χ4v) is 11.1. The van der Waals surface area contributed by atoms with Gasteiger partial charge in [0.25, 0.3) is 0 Å². The third-order valence-electron chi connectivity index (χ3n) is 12.5. The normalized spacial score (nSPS) is 25.5. The van der Waals surface area contributed by atoms with Crippen LogP contribution >= 0.6 is 22.9 Å². The second kappa shape index (κ2) is 12.8.